The molecule has 0 radical (unpaired) electrons. The van der Waals surface area contributed by atoms with Crippen LogP contribution in [-0.4, -0.2) is 24.0 Å². The van der Waals surface area contributed by atoms with Crippen LogP contribution in [0.2, 0.25) is 0 Å². The number of urea groups is 1. The van der Waals surface area contributed by atoms with Crippen molar-refractivity contribution in [2.75, 3.05) is 7.05 Å². The van der Waals surface area contributed by atoms with E-state index in [0.717, 1.165) is 56.0 Å². The number of nitrogens with one attached hydrogen (secondary N) is 1. The highest BCUT2D eigenvalue weighted by atomic mass is 19.3. The predicted molar refractivity (Wildman–Crippen MR) is 77.3 cm³/mol. The first-order valence-electron chi connectivity index (χ1n) is 7.27. The Hall–Kier alpha value is -1.66. The third kappa shape index (κ3) is 13.1. The molecule has 122 valence electrons. The largest absolute Gasteiger partial charge is 0.350 e. The monoisotopic (exact) mass is 305 g/mol. The van der Waals surface area contributed by atoms with E-state index in [-0.39, 0.29) is 5.91 Å². The predicted octanol–water partition coefficient (Wildman–Crippen LogP) is 3.32. The first-order chi connectivity index (χ1) is 9.93. The molecule has 7 heteroatoms. The van der Waals surface area contributed by atoms with Gasteiger partial charge in [-0.2, -0.15) is 8.78 Å². The number of halogens is 2. The minimum Gasteiger partial charge on any atom is -0.350 e. The maximum atomic E-state index is 11.7. The molecule has 0 aromatic carbocycles. The van der Waals surface area contributed by atoms with Gasteiger partial charge >= 0.3 is 6.03 Å². The number of primary amides is 1. The van der Waals surface area contributed by atoms with Crippen LogP contribution in [-0.2, 0) is 4.79 Å². The van der Waals surface area contributed by atoms with Crippen molar-refractivity contribution in [2.45, 2.75) is 57.8 Å². The topological polar surface area (TPSA) is 75.4 Å². The quantitative estimate of drug-likeness (QED) is 0.480. The van der Waals surface area contributed by atoms with E-state index in [9.17, 15) is 18.4 Å². The lowest BCUT2D eigenvalue weighted by atomic mass is 10.1. The van der Waals surface area contributed by atoms with Gasteiger partial charge in [0.25, 0.3) is 6.08 Å². The van der Waals surface area contributed by atoms with Crippen molar-refractivity contribution in [3.63, 3.8) is 0 Å². The van der Waals surface area contributed by atoms with Gasteiger partial charge in [0.05, 0.1) is 0 Å². The highest BCUT2D eigenvalue weighted by Crippen LogP contribution is 2.11. The molecule has 0 aromatic heterocycles. The molecule has 0 rings (SSSR count). The zero-order valence-corrected chi connectivity index (χ0v) is 12.5. The summed E-state index contributed by atoms with van der Waals surface area (Å²) in [5.41, 5.74) is 7.34. The van der Waals surface area contributed by atoms with Crippen LogP contribution in [0, 0.1) is 0 Å². The molecule has 3 amide bonds. The molecule has 0 unspecified atom stereocenters. The van der Waals surface area contributed by atoms with Gasteiger partial charge in [0.2, 0.25) is 5.91 Å². The summed E-state index contributed by atoms with van der Waals surface area (Å²) in [5.74, 6) is -0.226. The number of allylic oxidation sites excluding steroid dienone is 1. The van der Waals surface area contributed by atoms with E-state index in [2.05, 4.69) is 5.43 Å². The molecular formula is C14H25F2N3O2. The molecule has 0 aliphatic heterocycles. The van der Waals surface area contributed by atoms with Gasteiger partial charge in [0, 0.05) is 13.5 Å². The Bertz CT molecular complexity index is 345. The second-order valence-corrected chi connectivity index (χ2v) is 4.94. The lowest BCUT2D eigenvalue weighted by molar-refractivity contribution is -0.124. The van der Waals surface area contributed by atoms with Crippen molar-refractivity contribution in [3.05, 3.63) is 12.2 Å². The smallest absolute Gasteiger partial charge is 0.333 e. The first-order valence-corrected chi connectivity index (χ1v) is 7.27. The number of carbonyl (C=O) groups excluding carboxylic acids is 2. The van der Waals surface area contributed by atoms with Crippen molar-refractivity contribution >= 4 is 11.9 Å². The van der Waals surface area contributed by atoms with E-state index in [0.29, 0.717) is 12.8 Å². The molecule has 0 aromatic rings. The molecular weight excluding hydrogens is 280 g/mol. The summed E-state index contributed by atoms with van der Waals surface area (Å²) in [4.78, 5) is 22.1. The van der Waals surface area contributed by atoms with Crippen molar-refractivity contribution < 1.29 is 18.4 Å². The summed E-state index contributed by atoms with van der Waals surface area (Å²) >= 11 is 0. The molecule has 0 bridgehead atoms. The van der Waals surface area contributed by atoms with Crippen molar-refractivity contribution in [3.8, 4) is 0 Å². The maximum Gasteiger partial charge on any atom is 0.333 e. The fourth-order valence-electron chi connectivity index (χ4n) is 1.82. The SMILES string of the molecule is CN(NC(=O)CCCCCCCCCC=C(F)F)C(N)=O. The van der Waals surface area contributed by atoms with Gasteiger partial charge in [-0.25, -0.2) is 9.80 Å². The van der Waals surface area contributed by atoms with E-state index in [1.165, 1.54) is 7.05 Å². The molecule has 0 heterocycles. The number of amides is 3. The Morgan fingerprint density at radius 3 is 2.10 bits per heavy atom. The van der Waals surface area contributed by atoms with Crippen LogP contribution >= 0.6 is 0 Å². The summed E-state index contributed by atoms with van der Waals surface area (Å²) in [6.45, 7) is 0. The number of hydrogen-bond acceptors (Lipinski definition) is 2. The fraction of sp³-hybridized carbons (Fsp3) is 0.714. The Morgan fingerprint density at radius 2 is 1.57 bits per heavy atom. The molecule has 5 nitrogen and oxygen atoms in total. The van der Waals surface area contributed by atoms with Crippen LogP contribution in [0.15, 0.2) is 12.2 Å². The number of unbranched alkanes of at least 4 members (excludes halogenated alkanes) is 7. The second kappa shape index (κ2) is 12.1. The normalized spacial score (nSPS) is 10.0. The number of rotatable bonds is 10. The van der Waals surface area contributed by atoms with Crippen LogP contribution in [0.4, 0.5) is 13.6 Å². The third-order valence-corrected chi connectivity index (χ3v) is 3.03. The Balaban J connectivity index is 3.34. The summed E-state index contributed by atoms with van der Waals surface area (Å²) in [7, 11) is 1.39. The van der Waals surface area contributed by atoms with Crippen LogP contribution in [0.3, 0.4) is 0 Å². The van der Waals surface area contributed by atoms with Crippen molar-refractivity contribution in [2.24, 2.45) is 5.73 Å². The van der Waals surface area contributed by atoms with Crippen LogP contribution in [0.25, 0.3) is 0 Å². The molecule has 0 atom stereocenters. The average Bonchev–Trinajstić information content (AvgIpc) is 2.40. The Labute approximate surface area is 124 Å². The van der Waals surface area contributed by atoms with E-state index in [1.807, 2.05) is 0 Å². The molecule has 0 spiro atoms. The summed E-state index contributed by atoms with van der Waals surface area (Å²) in [6, 6.07) is -0.703. The Morgan fingerprint density at radius 1 is 1.05 bits per heavy atom. The molecule has 21 heavy (non-hydrogen) atoms. The van der Waals surface area contributed by atoms with E-state index in [4.69, 9.17) is 5.73 Å². The minimum atomic E-state index is -1.60. The van der Waals surface area contributed by atoms with Gasteiger partial charge in [-0.05, 0) is 25.3 Å². The lowest BCUT2D eigenvalue weighted by Crippen LogP contribution is -2.45. The maximum absolute atomic E-state index is 11.7. The van der Waals surface area contributed by atoms with Gasteiger partial charge < -0.3 is 5.73 Å². The summed E-state index contributed by atoms with van der Waals surface area (Å²) < 4.78 is 23.5. The van der Waals surface area contributed by atoms with E-state index < -0.39 is 12.1 Å². The van der Waals surface area contributed by atoms with Gasteiger partial charge in [-0.15, -0.1) is 0 Å². The highest BCUT2D eigenvalue weighted by molar-refractivity contribution is 5.80. The van der Waals surface area contributed by atoms with Gasteiger partial charge in [-0.3, -0.25) is 10.2 Å². The number of nitrogens with two attached hydrogens (primary N) is 1. The van der Waals surface area contributed by atoms with Crippen molar-refractivity contribution in [1.82, 2.24) is 10.4 Å². The fourth-order valence-corrected chi connectivity index (χ4v) is 1.82. The molecule has 0 fully saturated rings. The number of carbonyl (C=O) groups is 2. The second-order valence-electron chi connectivity index (χ2n) is 4.94. The average molecular weight is 305 g/mol. The van der Waals surface area contributed by atoms with E-state index in [1.54, 1.807) is 0 Å². The third-order valence-electron chi connectivity index (χ3n) is 3.03. The van der Waals surface area contributed by atoms with Gasteiger partial charge in [-0.1, -0.05) is 32.1 Å². The van der Waals surface area contributed by atoms with Gasteiger partial charge in [0.15, 0.2) is 0 Å². The van der Waals surface area contributed by atoms with Crippen LogP contribution in [0.5, 0.6) is 0 Å². The zero-order valence-electron chi connectivity index (χ0n) is 12.5. The molecule has 0 saturated carbocycles. The standard InChI is InChI=1S/C14H25F2N3O2/c1-19(14(17)21)18-13(20)11-9-7-5-3-2-4-6-8-10-12(15)16/h10H,2-9,11H2,1H3,(H2,17,21)(H,18,20). The summed E-state index contributed by atoms with van der Waals surface area (Å²) in [5, 5.41) is 0.955. The highest BCUT2D eigenvalue weighted by Gasteiger charge is 2.07. The zero-order chi connectivity index (χ0) is 16.1. The number of hydrogen-bond donors (Lipinski definition) is 2. The summed E-state index contributed by atoms with van der Waals surface area (Å²) in [6.07, 6.45) is 6.69. The van der Waals surface area contributed by atoms with Crippen LogP contribution < -0.4 is 11.2 Å². The van der Waals surface area contributed by atoms with Crippen LogP contribution in [0.1, 0.15) is 57.8 Å². The molecule has 0 saturated heterocycles. The minimum absolute atomic E-state index is 0.226. The first kappa shape index (κ1) is 19.3. The number of nitrogens with zero attached hydrogens (tertiary/aromatic N) is 1. The Kier molecular flexibility index (Phi) is 11.2. The van der Waals surface area contributed by atoms with E-state index >= 15 is 0 Å². The lowest BCUT2D eigenvalue weighted by Gasteiger charge is -2.15. The van der Waals surface area contributed by atoms with Gasteiger partial charge in [0.1, 0.15) is 0 Å². The molecule has 3 N–H and O–H groups in total. The molecule has 0 aliphatic carbocycles. The molecule has 0 aliphatic rings. The van der Waals surface area contributed by atoms with Crippen molar-refractivity contribution in [1.29, 1.82) is 0 Å². The number of hydrazine groups is 1.